The molecule has 1 aliphatic carbocycles. The summed E-state index contributed by atoms with van der Waals surface area (Å²) in [7, 11) is -3.49. The molecule has 0 radical (unpaired) electrons. The van der Waals surface area contributed by atoms with Gasteiger partial charge in [-0.1, -0.05) is 19.9 Å². The van der Waals surface area contributed by atoms with E-state index in [-0.39, 0.29) is 16.1 Å². The first-order valence-electron chi connectivity index (χ1n) is 11.4. The second-order valence-corrected chi connectivity index (χ2v) is 11.9. The molecule has 3 aromatic rings. The Balaban J connectivity index is 1.52. The summed E-state index contributed by atoms with van der Waals surface area (Å²) in [4.78, 5) is 15.7. The Hall–Kier alpha value is -3.20. The molecule has 2 aromatic heterocycles. The monoisotopic (exact) mass is 479 g/mol. The molecule has 1 aliphatic heterocycles. The highest BCUT2D eigenvalue weighted by atomic mass is 32.2. The number of hydrogen-bond donors (Lipinski definition) is 1. The third-order valence-electron chi connectivity index (χ3n) is 6.66. The fraction of sp³-hybridized carbons (Fsp3) is 0.400. The van der Waals surface area contributed by atoms with Gasteiger partial charge in [-0.25, -0.2) is 23.4 Å². The lowest BCUT2D eigenvalue weighted by molar-refractivity contribution is 0.310. The fourth-order valence-electron chi connectivity index (χ4n) is 4.80. The molecule has 9 heteroatoms. The summed E-state index contributed by atoms with van der Waals surface area (Å²) in [6.07, 6.45) is 7.45. The van der Waals surface area contributed by atoms with Gasteiger partial charge in [0.15, 0.2) is 9.84 Å². The van der Waals surface area contributed by atoms with Gasteiger partial charge in [-0.2, -0.15) is 0 Å². The zero-order valence-electron chi connectivity index (χ0n) is 19.7. The quantitative estimate of drug-likeness (QED) is 0.608. The van der Waals surface area contributed by atoms with E-state index in [1.165, 1.54) is 5.56 Å². The zero-order chi connectivity index (χ0) is 24.1. The third kappa shape index (κ3) is 4.32. The van der Waals surface area contributed by atoms with Gasteiger partial charge in [0.1, 0.15) is 35.2 Å². The first kappa shape index (κ1) is 22.6. The molecule has 1 aromatic carbocycles. The molecule has 178 valence electrons. The molecule has 0 saturated carbocycles. The van der Waals surface area contributed by atoms with E-state index in [0.29, 0.717) is 18.7 Å². The smallest absolute Gasteiger partial charge is 0.179 e. The minimum Gasteiger partial charge on any atom is -0.491 e. The highest BCUT2D eigenvalue weighted by Gasteiger charge is 2.30. The van der Waals surface area contributed by atoms with E-state index in [4.69, 9.17) is 15.5 Å². The average Bonchev–Trinajstić information content (AvgIpc) is 2.99. The lowest BCUT2D eigenvalue weighted by atomic mass is 9.76. The van der Waals surface area contributed by atoms with Crippen LogP contribution < -0.4 is 15.4 Å². The largest absolute Gasteiger partial charge is 0.491 e. The summed E-state index contributed by atoms with van der Waals surface area (Å²) in [5, 5.41) is 0. The number of aryl methyl sites for hydroxylation is 1. The SMILES string of the molecule is CC1(C)CCc2ncnc(N3CCOc4ccc(-c5cnc(N)c(S(C)(=O)=O)c5)cc4C3)c2C1. The molecule has 0 saturated heterocycles. The number of rotatable bonds is 3. The number of sulfone groups is 1. The predicted octanol–water partition coefficient (Wildman–Crippen LogP) is 3.44. The van der Waals surface area contributed by atoms with Gasteiger partial charge < -0.3 is 15.4 Å². The van der Waals surface area contributed by atoms with Crippen molar-refractivity contribution in [1.29, 1.82) is 0 Å². The van der Waals surface area contributed by atoms with Gasteiger partial charge in [-0.05, 0) is 48.4 Å². The predicted molar refractivity (Wildman–Crippen MR) is 132 cm³/mol. The normalized spacial score (nSPS) is 17.3. The minimum absolute atomic E-state index is 0.00646. The molecular formula is C25H29N5O3S. The number of anilines is 2. The minimum atomic E-state index is -3.49. The Morgan fingerprint density at radius 2 is 1.94 bits per heavy atom. The zero-order valence-corrected chi connectivity index (χ0v) is 20.5. The topological polar surface area (TPSA) is 111 Å². The van der Waals surface area contributed by atoms with Crippen LogP contribution in [0.4, 0.5) is 11.6 Å². The second-order valence-electron chi connectivity index (χ2n) is 9.94. The van der Waals surface area contributed by atoms with Crippen LogP contribution in [0.3, 0.4) is 0 Å². The van der Waals surface area contributed by atoms with Crippen LogP contribution in [-0.4, -0.2) is 42.8 Å². The van der Waals surface area contributed by atoms with Crippen LogP contribution in [0, 0.1) is 5.41 Å². The van der Waals surface area contributed by atoms with E-state index >= 15 is 0 Å². The molecule has 2 aliphatic rings. The van der Waals surface area contributed by atoms with Crippen LogP contribution in [0.2, 0.25) is 0 Å². The number of nitrogen functional groups attached to an aromatic ring is 1. The Morgan fingerprint density at radius 1 is 1.12 bits per heavy atom. The highest BCUT2D eigenvalue weighted by molar-refractivity contribution is 7.90. The number of fused-ring (bicyclic) bond motifs is 2. The summed E-state index contributed by atoms with van der Waals surface area (Å²) in [5.41, 5.74) is 11.0. The molecule has 3 heterocycles. The van der Waals surface area contributed by atoms with E-state index < -0.39 is 9.84 Å². The highest BCUT2D eigenvalue weighted by Crippen LogP contribution is 2.39. The first-order chi connectivity index (χ1) is 16.1. The number of hydrogen-bond acceptors (Lipinski definition) is 8. The van der Waals surface area contributed by atoms with Gasteiger partial charge in [-0.15, -0.1) is 0 Å². The van der Waals surface area contributed by atoms with Crippen LogP contribution in [0.5, 0.6) is 5.75 Å². The summed E-state index contributed by atoms with van der Waals surface area (Å²) in [6.45, 7) is 6.50. The van der Waals surface area contributed by atoms with E-state index in [1.54, 1.807) is 18.6 Å². The molecule has 0 atom stereocenters. The Labute approximate surface area is 200 Å². The Morgan fingerprint density at radius 3 is 2.74 bits per heavy atom. The number of nitrogens with two attached hydrogens (primary N) is 1. The molecule has 5 rings (SSSR count). The fourth-order valence-corrected chi connectivity index (χ4v) is 5.57. The van der Waals surface area contributed by atoms with E-state index in [1.807, 2.05) is 18.2 Å². The number of pyridine rings is 1. The molecule has 2 N–H and O–H groups in total. The van der Waals surface area contributed by atoms with Crippen LogP contribution >= 0.6 is 0 Å². The van der Waals surface area contributed by atoms with Crippen molar-refractivity contribution in [1.82, 2.24) is 15.0 Å². The van der Waals surface area contributed by atoms with Crippen molar-refractivity contribution >= 4 is 21.5 Å². The Bertz CT molecular complexity index is 1370. The molecule has 0 bridgehead atoms. The van der Waals surface area contributed by atoms with Crippen molar-refractivity contribution in [2.75, 3.05) is 30.0 Å². The molecule has 34 heavy (non-hydrogen) atoms. The van der Waals surface area contributed by atoms with Crippen LogP contribution in [0.15, 0.2) is 41.7 Å². The maximum absolute atomic E-state index is 12.1. The van der Waals surface area contributed by atoms with Crippen molar-refractivity contribution in [3.05, 3.63) is 53.6 Å². The maximum atomic E-state index is 12.1. The molecular weight excluding hydrogens is 450 g/mol. The van der Waals surface area contributed by atoms with Crippen molar-refractivity contribution in [2.45, 2.75) is 44.6 Å². The van der Waals surface area contributed by atoms with Crippen LogP contribution in [0.1, 0.15) is 37.1 Å². The maximum Gasteiger partial charge on any atom is 0.179 e. The van der Waals surface area contributed by atoms with E-state index in [2.05, 4.69) is 28.7 Å². The summed E-state index contributed by atoms with van der Waals surface area (Å²) >= 11 is 0. The lowest BCUT2D eigenvalue weighted by Gasteiger charge is -2.33. The molecule has 8 nitrogen and oxygen atoms in total. The van der Waals surface area contributed by atoms with Crippen molar-refractivity contribution < 1.29 is 13.2 Å². The van der Waals surface area contributed by atoms with Gasteiger partial charge in [-0.3, -0.25) is 0 Å². The van der Waals surface area contributed by atoms with Crippen LogP contribution in [0.25, 0.3) is 11.1 Å². The lowest BCUT2D eigenvalue weighted by Crippen LogP contribution is -2.31. The molecule has 0 amide bonds. The standard InChI is InChI=1S/C25H29N5O3S/c1-25(2)7-6-20-19(12-25)24(29-15-28-20)30-8-9-33-21-5-4-16(10-18(21)14-30)17-11-22(34(3,31)32)23(26)27-13-17/h4-5,10-11,13,15H,6-9,12,14H2,1-3H3,(H2,26,27). The van der Waals surface area contributed by atoms with Gasteiger partial charge >= 0.3 is 0 Å². The number of ether oxygens (including phenoxy) is 1. The van der Waals surface area contributed by atoms with E-state index in [9.17, 15) is 8.42 Å². The van der Waals surface area contributed by atoms with Gasteiger partial charge in [0, 0.05) is 41.4 Å². The van der Waals surface area contributed by atoms with Crippen molar-refractivity contribution in [3.63, 3.8) is 0 Å². The van der Waals surface area contributed by atoms with E-state index in [0.717, 1.165) is 60.5 Å². The summed E-state index contributed by atoms with van der Waals surface area (Å²) in [6, 6.07) is 7.47. The molecule has 0 fully saturated rings. The number of aromatic nitrogens is 3. The summed E-state index contributed by atoms with van der Waals surface area (Å²) < 4.78 is 30.3. The second kappa shape index (κ2) is 8.23. The molecule has 0 spiro atoms. The molecule has 0 unspecified atom stereocenters. The van der Waals surface area contributed by atoms with Gasteiger partial charge in [0.05, 0.1) is 6.54 Å². The first-order valence-corrected chi connectivity index (χ1v) is 13.3. The van der Waals surface area contributed by atoms with Crippen molar-refractivity contribution in [3.8, 4) is 16.9 Å². The number of nitrogens with zero attached hydrogens (tertiary/aromatic N) is 4. The average molecular weight is 480 g/mol. The summed E-state index contributed by atoms with van der Waals surface area (Å²) in [5.74, 6) is 1.81. The Kier molecular flexibility index (Phi) is 5.47. The number of benzene rings is 1. The van der Waals surface area contributed by atoms with Gasteiger partial charge in [0.2, 0.25) is 0 Å². The van der Waals surface area contributed by atoms with Crippen molar-refractivity contribution in [2.24, 2.45) is 5.41 Å². The van der Waals surface area contributed by atoms with Gasteiger partial charge in [0.25, 0.3) is 0 Å². The van der Waals surface area contributed by atoms with Crippen LogP contribution in [-0.2, 0) is 29.2 Å². The third-order valence-corrected chi connectivity index (χ3v) is 7.79.